The van der Waals surface area contributed by atoms with Crippen molar-refractivity contribution < 1.29 is 0 Å². The molecule has 2 fully saturated rings. The highest BCUT2D eigenvalue weighted by molar-refractivity contribution is 5.83. The Balaban J connectivity index is 1.41. The van der Waals surface area contributed by atoms with E-state index in [1.54, 1.807) is 0 Å². The van der Waals surface area contributed by atoms with Crippen LogP contribution in [0.3, 0.4) is 0 Å². The lowest BCUT2D eigenvalue weighted by molar-refractivity contribution is 0.196. The molecular formula is C30H37N7O. The van der Waals surface area contributed by atoms with Crippen LogP contribution < -0.4 is 10.5 Å². The number of anilines is 1. The molecular weight excluding hydrogens is 474 g/mol. The van der Waals surface area contributed by atoms with E-state index >= 15 is 0 Å². The predicted octanol–water partition coefficient (Wildman–Crippen LogP) is 4.77. The first-order valence-corrected chi connectivity index (χ1v) is 13.9. The first-order chi connectivity index (χ1) is 18.4. The third-order valence-electron chi connectivity index (χ3n) is 8.67. The molecule has 6 rings (SSSR count). The Labute approximate surface area is 223 Å². The van der Waals surface area contributed by atoms with Gasteiger partial charge in [0, 0.05) is 48.3 Å². The average Bonchev–Trinajstić information content (AvgIpc) is 3.59. The number of nitrogens with one attached hydrogen (secondary N) is 1. The number of piperazine rings is 1. The largest absolute Gasteiger partial charge is 0.369 e. The summed E-state index contributed by atoms with van der Waals surface area (Å²) in [6.45, 7) is 12.0. The molecule has 1 atom stereocenters. The fraction of sp³-hybridized carbons (Fsp3) is 0.467. The van der Waals surface area contributed by atoms with Gasteiger partial charge in [-0.25, -0.2) is 4.68 Å². The van der Waals surface area contributed by atoms with Gasteiger partial charge in [-0.3, -0.25) is 9.69 Å². The summed E-state index contributed by atoms with van der Waals surface area (Å²) in [5, 5.41) is 14.2. The lowest BCUT2D eigenvalue weighted by Crippen LogP contribution is -2.49. The van der Waals surface area contributed by atoms with E-state index in [2.05, 4.69) is 88.3 Å². The molecule has 2 aliphatic rings. The van der Waals surface area contributed by atoms with Crippen LogP contribution in [0.2, 0.25) is 0 Å². The van der Waals surface area contributed by atoms with Crippen LogP contribution in [0, 0.1) is 27.7 Å². The van der Waals surface area contributed by atoms with Gasteiger partial charge in [0.15, 0.2) is 5.82 Å². The molecule has 1 N–H and O–H groups in total. The monoisotopic (exact) mass is 511 g/mol. The minimum absolute atomic E-state index is 0.0644. The first-order valence-electron chi connectivity index (χ1n) is 13.9. The van der Waals surface area contributed by atoms with E-state index in [0.29, 0.717) is 6.04 Å². The number of hydrogen-bond donors (Lipinski definition) is 1. The number of pyridine rings is 1. The van der Waals surface area contributed by atoms with Crippen LogP contribution >= 0.6 is 0 Å². The Morgan fingerprint density at radius 2 is 1.71 bits per heavy atom. The van der Waals surface area contributed by atoms with Crippen molar-refractivity contribution >= 4 is 16.6 Å². The van der Waals surface area contributed by atoms with Gasteiger partial charge in [0.2, 0.25) is 0 Å². The van der Waals surface area contributed by atoms with Gasteiger partial charge in [0.1, 0.15) is 6.04 Å². The van der Waals surface area contributed by atoms with Crippen LogP contribution in [0.15, 0.2) is 41.2 Å². The van der Waals surface area contributed by atoms with E-state index in [1.165, 1.54) is 29.7 Å². The summed E-state index contributed by atoms with van der Waals surface area (Å²) in [4.78, 5) is 21.7. The standard InChI is InChI=1S/C30H37N7O/c1-19-16-21(3)24-18-25(30(38)31-26(24)17-19)28(29-32-33-34-37(29)23-9-5-6-10-23)36-14-12-35(13-15-36)27-11-7-8-20(2)22(27)4/h7-8,11,16-18,23,28H,5-6,9-10,12-15H2,1-4H3,(H,31,38)/t28-/m1/s1. The molecule has 8 heteroatoms. The Morgan fingerprint density at radius 1 is 0.947 bits per heavy atom. The zero-order valence-electron chi connectivity index (χ0n) is 22.9. The lowest BCUT2D eigenvalue weighted by Gasteiger charge is -2.40. The Hall–Kier alpha value is -3.52. The zero-order valence-corrected chi connectivity index (χ0v) is 22.9. The van der Waals surface area contributed by atoms with Gasteiger partial charge < -0.3 is 9.88 Å². The van der Waals surface area contributed by atoms with Gasteiger partial charge in [0.05, 0.1) is 6.04 Å². The summed E-state index contributed by atoms with van der Waals surface area (Å²) in [6, 6.07) is 12.8. The maximum absolute atomic E-state index is 13.7. The van der Waals surface area contributed by atoms with E-state index in [-0.39, 0.29) is 11.6 Å². The quantitative estimate of drug-likeness (QED) is 0.415. The third kappa shape index (κ3) is 4.41. The normalized spacial score (nSPS) is 17.9. The van der Waals surface area contributed by atoms with E-state index in [9.17, 15) is 4.79 Å². The fourth-order valence-electron chi connectivity index (χ4n) is 6.48. The van der Waals surface area contributed by atoms with E-state index in [4.69, 9.17) is 0 Å². The second-order valence-electron chi connectivity index (χ2n) is 11.2. The molecule has 1 aliphatic carbocycles. The number of tetrazole rings is 1. The summed E-state index contributed by atoms with van der Waals surface area (Å²) < 4.78 is 2.01. The van der Waals surface area contributed by atoms with Crippen molar-refractivity contribution in [1.82, 2.24) is 30.1 Å². The van der Waals surface area contributed by atoms with Crippen molar-refractivity contribution in [2.75, 3.05) is 31.1 Å². The van der Waals surface area contributed by atoms with Crippen LogP contribution in [-0.4, -0.2) is 56.3 Å². The van der Waals surface area contributed by atoms with Crippen LogP contribution in [0.1, 0.15) is 71.4 Å². The molecule has 0 amide bonds. The molecule has 0 spiro atoms. The number of aromatic amines is 1. The summed E-state index contributed by atoms with van der Waals surface area (Å²) in [5.74, 6) is 0.784. The molecule has 1 saturated carbocycles. The molecule has 0 radical (unpaired) electrons. The summed E-state index contributed by atoms with van der Waals surface area (Å²) in [6.07, 6.45) is 4.55. The molecule has 3 heterocycles. The van der Waals surface area contributed by atoms with Crippen LogP contribution in [-0.2, 0) is 0 Å². The molecule has 0 bridgehead atoms. The number of hydrogen-bond acceptors (Lipinski definition) is 6. The minimum Gasteiger partial charge on any atom is -0.369 e. The Morgan fingerprint density at radius 3 is 2.47 bits per heavy atom. The summed E-state index contributed by atoms with van der Waals surface area (Å²) in [5.41, 5.74) is 7.78. The fourth-order valence-corrected chi connectivity index (χ4v) is 6.48. The van der Waals surface area contributed by atoms with Gasteiger partial charge in [-0.2, -0.15) is 0 Å². The highest BCUT2D eigenvalue weighted by Gasteiger charge is 2.35. The summed E-state index contributed by atoms with van der Waals surface area (Å²) >= 11 is 0. The van der Waals surface area contributed by atoms with Gasteiger partial charge in [-0.15, -0.1) is 5.10 Å². The number of aromatic nitrogens is 5. The van der Waals surface area contributed by atoms with Gasteiger partial charge in [-0.1, -0.05) is 31.0 Å². The van der Waals surface area contributed by atoms with Gasteiger partial charge in [0.25, 0.3) is 5.56 Å². The van der Waals surface area contributed by atoms with Crippen molar-refractivity contribution in [2.45, 2.75) is 65.5 Å². The predicted molar refractivity (Wildman–Crippen MR) is 151 cm³/mol. The maximum atomic E-state index is 13.7. The summed E-state index contributed by atoms with van der Waals surface area (Å²) in [7, 11) is 0. The molecule has 198 valence electrons. The van der Waals surface area contributed by atoms with Crippen molar-refractivity contribution in [3.8, 4) is 0 Å². The highest BCUT2D eigenvalue weighted by atomic mass is 16.1. The second-order valence-corrected chi connectivity index (χ2v) is 11.2. The minimum atomic E-state index is -0.305. The van der Waals surface area contributed by atoms with E-state index in [1.807, 2.05) is 10.7 Å². The van der Waals surface area contributed by atoms with Crippen molar-refractivity contribution in [3.63, 3.8) is 0 Å². The van der Waals surface area contributed by atoms with Crippen molar-refractivity contribution in [2.24, 2.45) is 0 Å². The van der Waals surface area contributed by atoms with E-state index in [0.717, 1.165) is 72.4 Å². The zero-order chi connectivity index (χ0) is 26.4. The number of nitrogens with zero attached hydrogens (tertiary/aromatic N) is 6. The van der Waals surface area contributed by atoms with Crippen molar-refractivity contribution in [1.29, 1.82) is 0 Å². The maximum Gasteiger partial charge on any atom is 0.253 e. The molecule has 1 aliphatic heterocycles. The molecule has 2 aromatic carbocycles. The molecule has 1 saturated heterocycles. The molecule has 4 aromatic rings. The van der Waals surface area contributed by atoms with Crippen LogP contribution in [0.25, 0.3) is 10.9 Å². The molecule has 8 nitrogen and oxygen atoms in total. The lowest BCUT2D eigenvalue weighted by atomic mass is 9.99. The third-order valence-corrected chi connectivity index (χ3v) is 8.67. The second kappa shape index (κ2) is 9.98. The molecule has 38 heavy (non-hydrogen) atoms. The van der Waals surface area contributed by atoms with E-state index < -0.39 is 0 Å². The smallest absolute Gasteiger partial charge is 0.253 e. The SMILES string of the molecule is Cc1cc(C)c2cc([C@H](c3nnnn3C3CCCC3)N3CCN(c4cccc(C)c4C)CC3)c(=O)[nH]c2c1. The van der Waals surface area contributed by atoms with Crippen molar-refractivity contribution in [3.05, 3.63) is 80.4 Å². The molecule has 0 unspecified atom stereocenters. The number of aryl methyl sites for hydroxylation is 3. The Bertz CT molecular complexity index is 1520. The molecule has 2 aromatic heterocycles. The highest BCUT2D eigenvalue weighted by Crippen LogP contribution is 2.35. The number of benzene rings is 2. The number of fused-ring (bicyclic) bond motifs is 1. The van der Waals surface area contributed by atoms with Crippen LogP contribution in [0.5, 0.6) is 0 Å². The Kier molecular flexibility index (Phi) is 6.51. The number of H-pyrrole nitrogens is 1. The average molecular weight is 512 g/mol. The topological polar surface area (TPSA) is 82.9 Å². The van der Waals surface area contributed by atoms with Gasteiger partial charge >= 0.3 is 0 Å². The van der Waals surface area contributed by atoms with Gasteiger partial charge in [-0.05, 0) is 91.4 Å². The van der Waals surface area contributed by atoms with Crippen LogP contribution in [0.4, 0.5) is 5.69 Å². The first kappa shape index (κ1) is 24.8. The number of rotatable bonds is 5.